The Morgan fingerprint density at radius 2 is 1.92 bits per heavy atom. The first-order chi connectivity index (χ1) is 11.6. The van der Waals surface area contributed by atoms with E-state index in [0.717, 1.165) is 13.1 Å². The van der Waals surface area contributed by atoms with Crippen molar-refractivity contribution in [2.75, 3.05) is 53.0 Å². The molecule has 0 aliphatic carbocycles. The van der Waals surface area contributed by atoms with Crippen LogP contribution in [-0.2, 0) is 9.53 Å². The summed E-state index contributed by atoms with van der Waals surface area (Å²) in [5.41, 5.74) is 0. The van der Waals surface area contributed by atoms with E-state index in [1.165, 1.54) is 24.3 Å². The number of carbonyl (C=O) groups excluding carboxylic acids is 1. The number of methoxy groups -OCH3 is 1. The predicted molar refractivity (Wildman–Crippen MR) is 87.4 cm³/mol. The van der Waals surface area contributed by atoms with Crippen molar-refractivity contribution < 1.29 is 23.8 Å². The molecular formula is C17H25FN2O4. The molecule has 0 aromatic heterocycles. The quantitative estimate of drug-likeness (QED) is 0.757. The number of piperazine rings is 1. The van der Waals surface area contributed by atoms with Gasteiger partial charge < -0.3 is 19.5 Å². The fraction of sp³-hybridized carbons (Fsp3) is 0.588. The van der Waals surface area contributed by atoms with Crippen molar-refractivity contribution >= 4 is 5.91 Å². The number of nitrogens with zero attached hydrogens (tertiary/aromatic N) is 2. The van der Waals surface area contributed by atoms with Gasteiger partial charge in [-0.05, 0) is 24.3 Å². The highest BCUT2D eigenvalue weighted by molar-refractivity contribution is 5.76. The zero-order valence-electron chi connectivity index (χ0n) is 14.0. The fourth-order valence-corrected chi connectivity index (χ4v) is 2.60. The van der Waals surface area contributed by atoms with Crippen molar-refractivity contribution in [2.45, 2.75) is 12.5 Å². The molecule has 1 amide bonds. The number of β-amino-alcohol motifs (C(OH)–C–C–N with tert-alkyl or cyclic N) is 1. The molecule has 1 fully saturated rings. The molecule has 134 valence electrons. The molecule has 1 aliphatic heterocycles. The van der Waals surface area contributed by atoms with Gasteiger partial charge in [0, 0.05) is 39.8 Å². The van der Waals surface area contributed by atoms with Crippen LogP contribution in [0.4, 0.5) is 4.39 Å². The Labute approximate surface area is 141 Å². The molecule has 1 unspecified atom stereocenters. The highest BCUT2D eigenvalue weighted by Crippen LogP contribution is 2.12. The van der Waals surface area contributed by atoms with Crippen LogP contribution in [-0.4, -0.2) is 80.0 Å². The Hall–Kier alpha value is -1.70. The molecule has 7 heteroatoms. The molecule has 0 bridgehead atoms. The molecular weight excluding hydrogens is 315 g/mol. The molecule has 0 radical (unpaired) electrons. The van der Waals surface area contributed by atoms with Gasteiger partial charge in [-0.2, -0.15) is 0 Å². The molecule has 24 heavy (non-hydrogen) atoms. The largest absolute Gasteiger partial charge is 0.491 e. The average Bonchev–Trinajstić information content (AvgIpc) is 2.60. The monoisotopic (exact) mass is 340 g/mol. The number of rotatable bonds is 8. The van der Waals surface area contributed by atoms with Crippen LogP contribution in [0.1, 0.15) is 6.42 Å². The van der Waals surface area contributed by atoms with Crippen LogP contribution in [0.3, 0.4) is 0 Å². The number of hydrogen-bond acceptors (Lipinski definition) is 5. The van der Waals surface area contributed by atoms with Gasteiger partial charge in [0.25, 0.3) is 0 Å². The number of aliphatic hydroxyl groups excluding tert-OH is 1. The maximum absolute atomic E-state index is 12.8. The smallest absolute Gasteiger partial charge is 0.224 e. The van der Waals surface area contributed by atoms with Crippen molar-refractivity contribution in [3.8, 4) is 5.75 Å². The molecule has 2 rings (SSSR count). The SMILES string of the molecule is COCCC(=O)N1CCN(CC(O)COc2ccc(F)cc2)CC1. The standard InChI is InChI=1S/C17H25FN2O4/c1-23-11-6-17(22)20-9-7-19(8-10-20)12-15(21)13-24-16-4-2-14(18)3-5-16/h2-5,15,21H,6-13H2,1H3. The summed E-state index contributed by atoms with van der Waals surface area (Å²) in [7, 11) is 1.58. The van der Waals surface area contributed by atoms with E-state index in [1.807, 2.05) is 4.90 Å². The topological polar surface area (TPSA) is 62.2 Å². The zero-order valence-corrected chi connectivity index (χ0v) is 14.0. The van der Waals surface area contributed by atoms with Gasteiger partial charge in [0.1, 0.15) is 24.3 Å². The number of amides is 1. The highest BCUT2D eigenvalue weighted by atomic mass is 19.1. The number of aliphatic hydroxyl groups is 1. The summed E-state index contributed by atoms with van der Waals surface area (Å²) in [6.07, 6.45) is -0.226. The molecule has 1 aromatic carbocycles. The molecule has 1 N–H and O–H groups in total. The Morgan fingerprint density at radius 1 is 1.25 bits per heavy atom. The lowest BCUT2D eigenvalue weighted by Gasteiger charge is -2.35. The van der Waals surface area contributed by atoms with E-state index in [9.17, 15) is 14.3 Å². The third-order valence-corrected chi connectivity index (χ3v) is 3.97. The van der Waals surface area contributed by atoms with Crippen molar-refractivity contribution in [3.63, 3.8) is 0 Å². The van der Waals surface area contributed by atoms with Gasteiger partial charge in [-0.25, -0.2) is 4.39 Å². The molecule has 1 saturated heterocycles. The van der Waals surface area contributed by atoms with E-state index in [2.05, 4.69) is 4.90 Å². The van der Waals surface area contributed by atoms with Gasteiger partial charge in [-0.3, -0.25) is 9.69 Å². The number of carbonyl (C=O) groups is 1. The molecule has 0 saturated carbocycles. The molecule has 6 nitrogen and oxygen atoms in total. The summed E-state index contributed by atoms with van der Waals surface area (Å²) in [6, 6.07) is 5.71. The Morgan fingerprint density at radius 3 is 2.54 bits per heavy atom. The van der Waals surface area contributed by atoms with Crippen LogP contribution in [0.2, 0.25) is 0 Å². The summed E-state index contributed by atoms with van der Waals surface area (Å²) in [4.78, 5) is 15.8. The van der Waals surface area contributed by atoms with Crippen molar-refractivity contribution in [2.24, 2.45) is 0 Å². The van der Waals surface area contributed by atoms with Crippen LogP contribution in [0.15, 0.2) is 24.3 Å². The minimum absolute atomic E-state index is 0.108. The zero-order chi connectivity index (χ0) is 17.4. The number of hydrogen-bond donors (Lipinski definition) is 1. The van der Waals surface area contributed by atoms with E-state index in [4.69, 9.17) is 9.47 Å². The van der Waals surface area contributed by atoms with Crippen molar-refractivity contribution in [3.05, 3.63) is 30.1 Å². The lowest BCUT2D eigenvalue weighted by Crippen LogP contribution is -2.51. The van der Waals surface area contributed by atoms with Gasteiger partial charge in [0.15, 0.2) is 0 Å². The van der Waals surface area contributed by atoms with E-state index in [0.29, 0.717) is 38.4 Å². The van der Waals surface area contributed by atoms with E-state index in [-0.39, 0.29) is 18.3 Å². The highest BCUT2D eigenvalue weighted by Gasteiger charge is 2.22. The molecule has 1 heterocycles. The lowest BCUT2D eigenvalue weighted by molar-refractivity contribution is -0.134. The lowest BCUT2D eigenvalue weighted by atomic mass is 10.2. The number of ether oxygens (including phenoxy) is 2. The second kappa shape index (κ2) is 9.56. The van der Waals surface area contributed by atoms with Gasteiger partial charge in [-0.1, -0.05) is 0 Å². The molecule has 0 spiro atoms. The van der Waals surface area contributed by atoms with Crippen molar-refractivity contribution in [1.82, 2.24) is 9.80 Å². The average molecular weight is 340 g/mol. The third kappa shape index (κ3) is 6.07. The molecule has 1 aliphatic rings. The Balaban J connectivity index is 1.65. The summed E-state index contributed by atoms with van der Waals surface area (Å²) >= 11 is 0. The first kappa shape index (κ1) is 18.6. The van der Waals surface area contributed by atoms with Gasteiger partial charge in [0.2, 0.25) is 5.91 Å². The summed E-state index contributed by atoms with van der Waals surface area (Å²) < 4.78 is 23.2. The first-order valence-corrected chi connectivity index (χ1v) is 8.14. The number of halogens is 1. The second-order valence-corrected chi connectivity index (χ2v) is 5.84. The Bertz CT molecular complexity index is 504. The van der Waals surface area contributed by atoms with Crippen LogP contribution >= 0.6 is 0 Å². The van der Waals surface area contributed by atoms with Crippen molar-refractivity contribution in [1.29, 1.82) is 0 Å². The summed E-state index contributed by atoms with van der Waals surface area (Å²) in [5, 5.41) is 10.1. The minimum Gasteiger partial charge on any atom is -0.491 e. The summed E-state index contributed by atoms with van der Waals surface area (Å²) in [6.45, 7) is 3.86. The second-order valence-electron chi connectivity index (χ2n) is 5.84. The van der Waals surface area contributed by atoms with Gasteiger partial charge in [0.05, 0.1) is 13.0 Å². The first-order valence-electron chi connectivity index (χ1n) is 8.14. The van der Waals surface area contributed by atoms with Gasteiger partial charge in [-0.15, -0.1) is 0 Å². The van der Waals surface area contributed by atoms with Crippen LogP contribution in [0.25, 0.3) is 0 Å². The van der Waals surface area contributed by atoms with E-state index in [1.54, 1.807) is 7.11 Å². The summed E-state index contributed by atoms with van der Waals surface area (Å²) in [5.74, 6) is 0.321. The maximum atomic E-state index is 12.8. The Kier molecular flexibility index (Phi) is 7.42. The fourth-order valence-electron chi connectivity index (χ4n) is 2.60. The maximum Gasteiger partial charge on any atom is 0.224 e. The third-order valence-electron chi connectivity index (χ3n) is 3.97. The van der Waals surface area contributed by atoms with E-state index >= 15 is 0 Å². The minimum atomic E-state index is -0.634. The molecule has 1 atom stereocenters. The van der Waals surface area contributed by atoms with Gasteiger partial charge >= 0.3 is 0 Å². The van der Waals surface area contributed by atoms with Crippen LogP contribution in [0, 0.1) is 5.82 Å². The van der Waals surface area contributed by atoms with Crippen LogP contribution in [0.5, 0.6) is 5.75 Å². The van der Waals surface area contributed by atoms with E-state index < -0.39 is 6.10 Å². The van der Waals surface area contributed by atoms with Crippen LogP contribution < -0.4 is 4.74 Å². The predicted octanol–water partition coefficient (Wildman–Crippen LogP) is 0.746. The number of benzene rings is 1. The molecule has 1 aromatic rings. The normalized spacial score (nSPS) is 16.9.